The van der Waals surface area contributed by atoms with Crippen molar-refractivity contribution in [2.24, 2.45) is 0 Å². The number of aryl methyl sites for hydroxylation is 2. The number of anilines is 2. The predicted molar refractivity (Wildman–Crippen MR) is 87.4 cm³/mol. The highest BCUT2D eigenvalue weighted by Crippen LogP contribution is 2.21. The molecule has 0 spiro atoms. The number of halogens is 1. The van der Waals surface area contributed by atoms with Gasteiger partial charge in [-0.1, -0.05) is 12.1 Å². The van der Waals surface area contributed by atoms with Crippen LogP contribution < -0.4 is 11.1 Å². The van der Waals surface area contributed by atoms with Crippen molar-refractivity contribution in [3.63, 3.8) is 0 Å². The normalized spacial score (nSPS) is 10.3. The maximum atomic E-state index is 12.3. The van der Waals surface area contributed by atoms with Gasteiger partial charge >= 0.3 is 0 Å². The molecular formula is C15H15IN2O. The Morgan fingerprint density at radius 1 is 1.16 bits per heavy atom. The minimum absolute atomic E-state index is 0.0963. The summed E-state index contributed by atoms with van der Waals surface area (Å²) in [6.45, 7) is 3.92. The summed E-state index contributed by atoms with van der Waals surface area (Å²) in [5.74, 6) is -0.0963. The Kier molecular flexibility index (Phi) is 4.09. The van der Waals surface area contributed by atoms with Gasteiger partial charge in [-0.15, -0.1) is 0 Å². The first kappa shape index (κ1) is 13.9. The number of benzene rings is 2. The van der Waals surface area contributed by atoms with E-state index in [-0.39, 0.29) is 5.91 Å². The predicted octanol–water partition coefficient (Wildman–Crippen LogP) is 3.74. The van der Waals surface area contributed by atoms with Crippen LogP contribution in [0.2, 0.25) is 0 Å². The van der Waals surface area contributed by atoms with Crippen LogP contribution in [-0.4, -0.2) is 5.91 Å². The van der Waals surface area contributed by atoms with Crippen molar-refractivity contribution in [3.05, 3.63) is 56.7 Å². The lowest BCUT2D eigenvalue weighted by Gasteiger charge is -2.11. The minimum atomic E-state index is -0.0963. The lowest BCUT2D eigenvalue weighted by Crippen LogP contribution is -2.14. The number of hydrogen-bond acceptors (Lipinski definition) is 2. The fraction of sp³-hybridized carbons (Fsp3) is 0.133. The van der Waals surface area contributed by atoms with E-state index in [1.165, 1.54) is 0 Å². The molecule has 0 heterocycles. The maximum absolute atomic E-state index is 12.3. The van der Waals surface area contributed by atoms with E-state index in [9.17, 15) is 4.79 Å². The zero-order chi connectivity index (χ0) is 14.0. The number of nitrogens with two attached hydrogens (primary N) is 1. The maximum Gasteiger partial charge on any atom is 0.256 e. The zero-order valence-electron chi connectivity index (χ0n) is 10.8. The van der Waals surface area contributed by atoms with Crippen LogP contribution in [0.1, 0.15) is 21.5 Å². The summed E-state index contributed by atoms with van der Waals surface area (Å²) >= 11 is 2.20. The van der Waals surface area contributed by atoms with Gasteiger partial charge in [-0.05, 0) is 71.8 Å². The third-order valence-corrected chi connectivity index (χ3v) is 4.37. The van der Waals surface area contributed by atoms with Crippen LogP contribution >= 0.6 is 22.6 Å². The molecule has 2 rings (SSSR count). The number of nitrogen functional groups attached to an aromatic ring is 1. The van der Waals surface area contributed by atoms with Gasteiger partial charge in [0.05, 0.1) is 5.56 Å². The van der Waals surface area contributed by atoms with Gasteiger partial charge in [0, 0.05) is 14.9 Å². The molecule has 3 nitrogen and oxygen atoms in total. The summed E-state index contributed by atoms with van der Waals surface area (Å²) in [5.41, 5.74) is 9.93. The van der Waals surface area contributed by atoms with Crippen LogP contribution in [0, 0.1) is 17.4 Å². The Balaban J connectivity index is 2.28. The number of amides is 1. The first-order valence-electron chi connectivity index (χ1n) is 5.91. The Morgan fingerprint density at radius 3 is 2.58 bits per heavy atom. The van der Waals surface area contributed by atoms with Gasteiger partial charge in [-0.2, -0.15) is 0 Å². The van der Waals surface area contributed by atoms with Gasteiger partial charge < -0.3 is 11.1 Å². The molecule has 0 saturated carbocycles. The smallest absolute Gasteiger partial charge is 0.256 e. The second-order valence-corrected chi connectivity index (χ2v) is 5.54. The summed E-state index contributed by atoms with van der Waals surface area (Å²) in [6, 6.07) is 11.2. The van der Waals surface area contributed by atoms with E-state index in [0.29, 0.717) is 11.3 Å². The Hall–Kier alpha value is -1.56. The second-order valence-electron chi connectivity index (χ2n) is 4.46. The van der Waals surface area contributed by atoms with Crippen molar-refractivity contribution in [1.29, 1.82) is 0 Å². The van der Waals surface area contributed by atoms with E-state index >= 15 is 0 Å². The molecule has 0 atom stereocenters. The number of rotatable bonds is 2. The van der Waals surface area contributed by atoms with Gasteiger partial charge in [-0.3, -0.25) is 4.79 Å². The van der Waals surface area contributed by atoms with Crippen molar-refractivity contribution in [3.8, 4) is 0 Å². The van der Waals surface area contributed by atoms with Gasteiger partial charge in [0.15, 0.2) is 0 Å². The molecule has 4 heteroatoms. The molecule has 2 aromatic carbocycles. The van der Waals surface area contributed by atoms with Crippen molar-refractivity contribution in [1.82, 2.24) is 0 Å². The van der Waals surface area contributed by atoms with E-state index in [1.807, 2.05) is 44.2 Å². The molecule has 0 bridgehead atoms. The molecule has 2 aromatic rings. The highest BCUT2D eigenvalue weighted by atomic mass is 127. The molecule has 0 aliphatic rings. The molecule has 1 amide bonds. The number of hydrogen-bond donors (Lipinski definition) is 2. The molecule has 0 fully saturated rings. The fourth-order valence-corrected chi connectivity index (χ4v) is 2.44. The van der Waals surface area contributed by atoms with Gasteiger partial charge in [0.1, 0.15) is 0 Å². The fourth-order valence-electron chi connectivity index (χ4n) is 1.84. The van der Waals surface area contributed by atoms with E-state index in [2.05, 4.69) is 27.9 Å². The molecule has 3 N–H and O–H groups in total. The van der Waals surface area contributed by atoms with Crippen LogP contribution in [-0.2, 0) is 0 Å². The Bertz CT molecular complexity index is 638. The van der Waals surface area contributed by atoms with Crippen molar-refractivity contribution >= 4 is 39.9 Å². The molecule has 0 aliphatic heterocycles. The first-order chi connectivity index (χ1) is 8.99. The third kappa shape index (κ3) is 3.07. The standard InChI is InChI=1S/C15H15IN2O/c1-9-4-3-5-12(14(9)16)15(19)18-13-7-6-11(17)8-10(13)2/h3-8H,17H2,1-2H3,(H,18,19). The molecule has 0 unspecified atom stereocenters. The van der Waals surface area contributed by atoms with Crippen molar-refractivity contribution in [2.75, 3.05) is 11.1 Å². The summed E-state index contributed by atoms with van der Waals surface area (Å²) in [4.78, 5) is 12.3. The van der Waals surface area contributed by atoms with Crippen LogP contribution in [0.5, 0.6) is 0 Å². The van der Waals surface area contributed by atoms with Crippen LogP contribution in [0.15, 0.2) is 36.4 Å². The second kappa shape index (κ2) is 5.61. The first-order valence-corrected chi connectivity index (χ1v) is 6.99. The Labute approximate surface area is 126 Å². The van der Waals surface area contributed by atoms with E-state index in [0.717, 1.165) is 20.4 Å². The molecule has 98 valence electrons. The van der Waals surface area contributed by atoms with Gasteiger partial charge in [-0.25, -0.2) is 0 Å². The zero-order valence-corrected chi connectivity index (χ0v) is 13.0. The molecule has 0 aromatic heterocycles. The highest BCUT2D eigenvalue weighted by Gasteiger charge is 2.12. The summed E-state index contributed by atoms with van der Waals surface area (Å²) in [5, 5.41) is 2.92. The van der Waals surface area contributed by atoms with E-state index in [1.54, 1.807) is 6.07 Å². The van der Waals surface area contributed by atoms with Crippen molar-refractivity contribution in [2.45, 2.75) is 13.8 Å². The number of carbonyl (C=O) groups is 1. The molecule has 0 saturated heterocycles. The van der Waals surface area contributed by atoms with E-state index < -0.39 is 0 Å². The average Bonchev–Trinajstić information content (AvgIpc) is 2.36. The molecule has 0 radical (unpaired) electrons. The number of nitrogens with one attached hydrogen (secondary N) is 1. The third-order valence-electron chi connectivity index (χ3n) is 2.94. The largest absolute Gasteiger partial charge is 0.399 e. The summed E-state index contributed by atoms with van der Waals surface area (Å²) in [6.07, 6.45) is 0. The van der Waals surface area contributed by atoms with Gasteiger partial charge in [0.2, 0.25) is 0 Å². The number of carbonyl (C=O) groups excluding carboxylic acids is 1. The SMILES string of the molecule is Cc1cc(N)ccc1NC(=O)c1cccc(C)c1I. The molecule has 0 aliphatic carbocycles. The lowest BCUT2D eigenvalue weighted by molar-refractivity contribution is 0.102. The highest BCUT2D eigenvalue weighted by molar-refractivity contribution is 14.1. The molecule has 19 heavy (non-hydrogen) atoms. The van der Waals surface area contributed by atoms with Crippen molar-refractivity contribution < 1.29 is 4.79 Å². The minimum Gasteiger partial charge on any atom is -0.399 e. The monoisotopic (exact) mass is 366 g/mol. The summed E-state index contributed by atoms with van der Waals surface area (Å²) < 4.78 is 0.977. The quantitative estimate of drug-likeness (QED) is 0.629. The topological polar surface area (TPSA) is 55.1 Å². The van der Waals surface area contributed by atoms with Crippen LogP contribution in [0.25, 0.3) is 0 Å². The Morgan fingerprint density at radius 2 is 1.89 bits per heavy atom. The average molecular weight is 366 g/mol. The van der Waals surface area contributed by atoms with E-state index in [4.69, 9.17) is 5.73 Å². The molecular weight excluding hydrogens is 351 g/mol. The summed E-state index contributed by atoms with van der Waals surface area (Å²) in [7, 11) is 0. The van der Waals surface area contributed by atoms with Crippen LogP contribution in [0.4, 0.5) is 11.4 Å². The van der Waals surface area contributed by atoms with Gasteiger partial charge in [0.25, 0.3) is 5.91 Å². The van der Waals surface area contributed by atoms with Crippen LogP contribution in [0.3, 0.4) is 0 Å². The lowest BCUT2D eigenvalue weighted by atomic mass is 10.1.